The van der Waals surface area contributed by atoms with Gasteiger partial charge in [-0.15, -0.1) is 0 Å². The van der Waals surface area contributed by atoms with Gasteiger partial charge in [0.15, 0.2) is 0 Å². The number of hydrogen-bond acceptors (Lipinski definition) is 5. The zero-order valence-electron chi connectivity index (χ0n) is 15.2. The van der Waals surface area contributed by atoms with Crippen molar-refractivity contribution in [2.45, 2.75) is 19.0 Å². The maximum absolute atomic E-state index is 6.27. The lowest BCUT2D eigenvalue weighted by Crippen LogP contribution is -2.31. The summed E-state index contributed by atoms with van der Waals surface area (Å²) in [6.45, 7) is 2.48. The Bertz CT molecular complexity index is 1090. The number of ether oxygens (including phenoxy) is 1. The van der Waals surface area contributed by atoms with Gasteiger partial charge in [-0.3, -0.25) is 10.00 Å². The molecule has 0 amide bonds. The highest BCUT2D eigenvalue weighted by molar-refractivity contribution is 6.08. The predicted molar refractivity (Wildman–Crippen MR) is 106 cm³/mol. The van der Waals surface area contributed by atoms with Gasteiger partial charge in [0.25, 0.3) is 0 Å². The molecule has 3 aromatic heterocycles. The first-order chi connectivity index (χ1) is 13.2. The number of anilines is 1. The molecule has 1 fully saturated rings. The average molecular weight is 362 g/mol. The summed E-state index contributed by atoms with van der Waals surface area (Å²) in [7, 11) is 2.14. The minimum absolute atomic E-state index is 0.472. The minimum Gasteiger partial charge on any atom is -0.383 e. The number of nitrogens with zero attached hydrogens (tertiary/aromatic N) is 3. The topological polar surface area (TPSA) is 95.9 Å². The van der Waals surface area contributed by atoms with Crippen LogP contribution in [0.3, 0.4) is 0 Å². The van der Waals surface area contributed by atoms with Crippen LogP contribution in [0.5, 0.6) is 0 Å². The molecule has 4 N–H and O–H groups in total. The van der Waals surface area contributed by atoms with Crippen LogP contribution in [-0.2, 0) is 11.3 Å². The van der Waals surface area contributed by atoms with E-state index in [0.29, 0.717) is 11.9 Å². The maximum Gasteiger partial charge on any atom is 0.133 e. The van der Waals surface area contributed by atoms with Crippen LogP contribution < -0.4 is 5.73 Å². The molecule has 4 heterocycles. The van der Waals surface area contributed by atoms with Crippen molar-refractivity contribution in [2.24, 2.45) is 0 Å². The van der Waals surface area contributed by atoms with Crippen LogP contribution in [0.4, 0.5) is 5.82 Å². The molecule has 1 aromatic carbocycles. The zero-order valence-corrected chi connectivity index (χ0v) is 15.2. The predicted octanol–water partition coefficient (Wildman–Crippen LogP) is 2.91. The van der Waals surface area contributed by atoms with E-state index in [0.717, 1.165) is 64.9 Å². The summed E-state index contributed by atoms with van der Waals surface area (Å²) in [5, 5.41) is 9.13. The van der Waals surface area contributed by atoms with Gasteiger partial charge in [-0.2, -0.15) is 5.10 Å². The van der Waals surface area contributed by atoms with Crippen LogP contribution in [0, 0.1) is 0 Å². The van der Waals surface area contributed by atoms with E-state index in [1.165, 1.54) is 0 Å². The van der Waals surface area contributed by atoms with Crippen molar-refractivity contribution < 1.29 is 4.74 Å². The largest absolute Gasteiger partial charge is 0.383 e. The highest BCUT2D eigenvalue weighted by Crippen LogP contribution is 2.31. The Hall–Kier alpha value is -2.90. The smallest absolute Gasteiger partial charge is 0.133 e. The number of hydrogen-bond donors (Lipinski definition) is 3. The van der Waals surface area contributed by atoms with Crippen LogP contribution in [0.25, 0.3) is 33.1 Å². The number of benzene rings is 1. The first-order valence-electron chi connectivity index (χ1n) is 9.18. The Balaban J connectivity index is 1.55. The standard InChI is InChI=1S/C20H22N6O/c1-26(14-5-7-27-11-14)10-13-9-16-19(23-13)15-3-2-12(17-4-6-22-25-17)8-18(15)24-20(16)21/h2-4,6,8-9,14,23H,5,7,10-11H2,1H3,(H2,21,24)(H,22,25)/t14-/m0/s1. The molecule has 0 radical (unpaired) electrons. The second-order valence-electron chi connectivity index (χ2n) is 7.20. The van der Waals surface area contributed by atoms with Crippen molar-refractivity contribution in [1.29, 1.82) is 0 Å². The van der Waals surface area contributed by atoms with Crippen molar-refractivity contribution in [1.82, 2.24) is 25.1 Å². The monoisotopic (exact) mass is 362 g/mol. The summed E-state index contributed by atoms with van der Waals surface area (Å²) in [4.78, 5) is 10.5. The van der Waals surface area contributed by atoms with Gasteiger partial charge in [0.05, 0.1) is 23.3 Å². The Morgan fingerprint density at radius 1 is 1.26 bits per heavy atom. The van der Waals surface area contributed by atoms with Gasteiger partial charge in [-0.05, 0) is 31.7 Å². The van der Waals surface area contributed by atoms with Crippen molar-refractivity contribution in [3.05, 3.63) is 42.2 Å². The fourth-order valence-electron chi connectivity index (χ4n) is 3.88. The quantitative estimate of drug-likeness (QED) is 0.519. The van der Waals surface area contributed by atoms with Crippen molar-refractivity contribution in [3.63, 3.8) is 0 Å². The molecular weight excluding hydrogens is 340 g/mol. The van der Waals surface area contributed by atoms with Crippen LogP contribution >= 0.6 is 0 Å². The molecular formula is C20H22N6O. The number of nitrogen functional groups attached to an aromatic ring is 1. The third kappa shape index (κ3) is 2.85. The Morgan fingerprint density at radius 2 is 2.19 bits per heavy atom. The Labute approximate surface area is 156 Å². The van der Waals surface area contributed by atoms with Gasteiger partial charge in [0, 0.05) is 47.4 Å². The Kier molecular flexibility index (Phi) is 3.84. The van der Waals surface area contributed by atoms with Crippen LogP contribution in [0.1, 0.15) is 12.1 Å². The number of aromatic amines is 2. The molecule has 1 atom stereocenters. The zero-order chi connectivity index (χ0) is 18.4. The van der Waals surface area contributed by atoms with Crippen molar-refractivity contribution in [2.75, 3.05) is 26.0 Å². The maximum atomic E-state index is 6.27. The number of fused-ring (bicyclic) bond motifs is 3. The summed E-state index contributed by atoms with van der Waals surface area (Å²) >= 11 is 0. The molecule has 7 nitrogen and oxygen atoms in total. The van der Waals surface area contributed by atoms with Crippen molar-refractivity contribution >= 4 is 27.6 Å². The molecule has 0 aliphatic carbocycles. The van der Waals surface area contributed by atoms with E-state index in [9.17, 15) is 0 Å². The summed E-state index contributed by atoms with van der Waals surface area (Å²) in [6, 6.07) is 10.7. The second kappa shape index (κ2) is 6.37. The fraction of sp³-hybridized carbons (Fsp3) is 0.300. The number of nitrogens with one attached hydrogen (secondary N) is 2. The third-order valence-corrected chi connectivity index (χ3v) is 5.40. The number of pyridine rings is 1. The van der Waals surface area contributed by atoms with Gasteiger partial charge in [0.2, 0.25) is 0 Å². The molecule has 5 rings (SSSR count). The molecule has 7 heteroatoms. The summed E-state index contributed by atoms with van der Waals surface area (Å²) in [6.07, 6.45) is 2.90. The van der Waals surface area contributed by atoms with Crippen LogP contribution in [-0.4, -0.2) is 51.4 Å². The first kappa shape index (κ1) is 16.3. The highest BCUT2D eigenvalue weighted by atomic mass is 16.5. The van der Waals surface area contributed by atoms with E-state index < -0.39 is 0 Å². The summed E-state index contributed by atoms with van der Waals surface area (Å²) in [5.74, 6) is 0.547. The van der Waals surface area contributed by atoms with Crippen LogP contribution in [0.15, 0.2) is 36.5 Å². The van der Waals surface area contributed by atoms with Gasteiger partial charge < -0.3 is 15.5 Å². The average Bonchev–Trinajstić information content (AvgIpc) is 3.42. The molecule has 1 aliphatic heterocycles. The number of aromatic nitrogens is 4. The van der Waals surface area contributed by atoms with E-state index in [1.54, 1.807) is 0 Å². The van der Waals surface area contributed by atoms with E-state index in [-0.39, 0.29) is 0 Å². The molecule has 0 spiro atoms. The second-order valence-corrected chi connectivity index (χ2v) is 7.20. The van der Waals surface area contributed by atoms with Gasteiger partial charge in [0.1, 0.15) is 5.82 Å². The van der Waals surface area contributed by atoms with Gasteiger partial charge in [-0.1, -0.05) is 12.1 Å². The van der Waals surface area contributed by atoms with E-state index in [2.05, 4.69) is 50.3 Å². The molecule has 0 unspecified atom stereocenters. The number of H-pyrrole nitrogens is 2. The lowest BCUT2D eigenvalue weighted by atomic mass is 10.1. The number of rotatable bonds is 4. The minimum atomic E-state index is 0.472. The van der Waals surface area contributed by atoms with Crippen LogP contribution in [0.2, 0.25) is 0 Å². The fourth-order valence-corrected chi connectivity index (χ4v) is 3.88. The lowest BCUT2D eigenvalue weighted by Gasteiger charge is -2.21. The van der Waals surface area contributed by atoms with Crippen molar-refractivity contribution in [3.8, 4) is 11.3 Å². The number of likely N-dealkylation sites (N-methyl/N-ethyl adjacent to an activating group) is 1. The van der Waals surface area contributed by atoms with E-state index in [4.69, 9.17) is 10.5 Å². The SMILES string of the molecule is CN(Cc1cc2c(N)nc3cc(-c4cc[nH]n4)ccc3c2[nH]1)[C@H]1CCOC1. The molecule has 138 valence electrons. The summed E-state index contributed by atoms with van der Waals surface area (Å²) in [5.41, 5.74) is 11.2. The van der Waals surface area contributed by atoms with Gasteiger partial charge in [-0.25, -0.2) is 4.98 Å². The van der Waals surface area contributed by atoms with Gasteiger partial charge >= 0.3 is 0 Å². The lowest BCUT2D eigenvalue weighted by molar-refractivity contribution is 0.156. The number of nitrogens with two attached hydrogens (primary N) is 1. The normalized spacial score (nSPS) is 17.5. The Morgan fingerprint density at radius 3 is 2.96 bits per heavy atom. The molecule has 4 aromatic rings. The van der Waals surface area contributed by atoms with E-state index >= 15 is 0 Å². The molecule has 0 saturated carbocycles. The van der Waals surface area contributed by atoms with E-state index in [1.807, 2.05) is 18.3 Å². The molecule has 0 bridgehead atoms. The molecule has 1 aliphatic rings. The highest BCUT2D eigenvalue weighted by Gasteiger charge is 2.21. The summed E-state index contributed by atoms with van der Waals surface area (Å²) < 4.78 is 5.50. The molecule has 27 heavy (non-hydrogen) atoms. The molecule has 1 saturated heterocycles. The first-order valence-corrected chi connectivity index (χ1v) is 9.18. The third-order valence-electron chi connectivity index (χ3n) is 5.40.